The SMILES string of the molecule is C=Cc1c(Oc2ccnc3cc(OC)c(OC)cc23)ccc(N2C(=O)CN(c3cncc(C(F)(F)F)c3)C2=O)c1F. The largest absolute Gasteiger partial charge is 0.493 e. The van der Waals surface area contributed by atoms with Gasteiger partial charge in [0, 0.05) is 23.8 Å². The molecule has 4 aromatic rings. The number of benzene rings is 2. The summed E-state index contributed by atoms with van der Waals surface area (Å²) in [5.74, 6) is -0.682. The van der Waals surface area contributed by atoms with Crippen LogP contribution in [0.2, 0.25) is 0 Å². The molecule has 41 heavy (non-hydrogen) atoms. The number of carbonyl (C=O) groups is 2. The Bertz CT molecular complexity index is 1710. The summed E-state index contributed by atoms with van der Waals surface area (Å²) < 4.78 is 71.9. The van der Waals surface area contributed by atoms with E-state index in [1.54, 1.807) is 18.2 Å². The topological polar surface area (TPSA) is 94.1 Å². The van der Waals surface area contributed by atoms with Crippen molar-refractivity contribution in [2.75, 3.05) is 30.6 Å². The van der Waals surface area contributed by atoms with Gasteiger partial charge < -0.3 is 14.2 Å². The third kappa shape index (κ3) is 4.86. The van der Waals surface area contributed by atoms with Gasteiger partial charge in [0.25, 0.3) is 5.91 Å². The van der Waals surface area contributed by atoms with Crippen molar-refractivity contribution in [2.45, 2.75) is 6.18 Å². The van der Waals surface area contributed by atoms with Gasteiger partial charge in [-0.3, -0.25) is 19.7 Å². The van der Waals surface area contributed by atoms with Crippen LogP contribution in [0.5, 0.6) is 23.0 Å². The van der Waals surface area contributed by atoms with Gasteiger partial charge in [-0.25, -0.2) is 14.1 Å². The number of fused-ring (bicyclic) bond motifs is 1. The summed E-state index contributed by atoms with van der Waals surface area (Å²) in [5, 5.41) is 0.528. The molecule has 2 aromatic heterocycles. The predicted molar refractivity (Wildman–Crippen MR) is 141 cm³/mol. The maximum absolute atomic E-state index is 15.8. The highest BCUT2D eigenvalue weighted by atomic mass is 19.4. The predicted octanol–water partition coefficient (Wildman–Crippen LogP) is 6.21. The van der Waals surface area contributed by atoms with Gasteiger partial charge in [0.15, 0.2) is 17.3 Å². The lowest BCUT2D eigenvalue weighted by molar-refractivity contribution is -0.137. The molecule has 1 fully saturated rings. The van der Waals surface area contributed by atoms with Crippen LogP contribution >= 0.6 is 0 Å². The second-order valence-corrected chi connectivity index (χ2v) is 8.68. The molecule has 1 aliphatic heterocycles. The van der Waals surface area contributed by atoms with Gasteiger partial charge in [-0.15, -0.1) is 0 Å². The van der Waals surface area contributed by atoms with Gasteiger partial charge in [0.1, 0.15) is 18.0 Å². The van der Waals surface area contributed by atoms with Crippen LogP contribution in [-0.4, -0.2) is 42.7 Å². The summed E-state index contributed by atoms with van der Waals surface area (Å²) in [6.45, 7) is 3.01. The fraction of sp³-hybridized carbons (Fsp3) is 0.143. The van der Waals surface area contributed by atoms with Gasteiger partial charge in [0.2, 0.25) is 0 Å². The number of ether oxygens (including phenoxy) is 3. The minimum Gasteiger partial charge on any atom is -0.493 e. The lowest BCUT2D eigenvalue weighted by atomic mass is 10.1. The molecule has 0 atom stereocenters. The van der Waals surface area contributed by atoms with Crippen molar-refractivity contribution in [3.8, 4) is 23.0 Å². The average Bonchev–Trinajstić information content (AvgIpc) is 3.25. The first-order valence-corrected chi connectivity index (χ1v) is 11.9. The minimum absolute atomic E-state index is 0.0153. The Kier molecular flexibility index (Phi) is 6.95. The van der Waals surface area contributed by atoms with Gasteiger partial charge in [0.05, 0.1) is 48.4 Å². The summed E-state index contributed by atoms with van der Waals surface area (Å²) in [6.07, 6.45) is -0.470. The highest BCUT2D eigenvalue weighted by molar-refractivity contribution is 6.27. The molecule has 13 heteroatoms. The summed E-state index contributed by atoms with van der Waals surface area (Å²) in [7, 11) is 2.95. The monoisotopic (exact) mass is 568 g/mol. The molecule has 2 aromatic carbocycles. The number of hydrogen-bond donors (Lipinski definition) is 0. The van der Waals surface area contributed by atoms with E-state index in [9.17, 15) is 22.8 Å². The molecule has 1 aliphatic rings. The fourth-order valence-corrected chi connectivity index (χ4v) is 4.34. The quantitative estimate of drug-likeness (QED) is 0.193. The highest BCUT2D eigenvalue weighted by Gasteiger charge is 2.41. The van der Waals surface area contributed by atoms with Crippen LogP contribution < -0.4 is 24.0 Å². The number of imide groups is 1. The zero-order chi connectivity index (χ0) is 29.5. The van der Waals surface area contributed by atoms with Gasteiger partial charge >= 0.3 is 12.2 Å². The molecule has 210 valence electrons. The number of aromatic nitrogens is 2. The Morgan fingerprint density at radius 2 is 1.71 bits per heavy atom. The van der Waals surface area contributed by atoms with Gasteiger partial charge in [-0.2, -0.15) is 13.2 Å². The van der Waals surface area contributed by atoms with Crippen molar-refractivity contribution >= 4 is 40.3 Å². The van der Waals surface area contributed by atoms with Crippen LogP contribution in [0, 0.1) is 5.82 Å². The number of methoxy groups -OCH3 is 2. The molecule has 0 bridgehead atoms. The second-order valence-electron chi connectivity index (χ2n) is 8.68. The van der Waals surface area contributed by atoms with Crippen LogP contribution in [-0.2, 0) is 11.0 Å². The van der Waals surface area contributed by atoms with E-state index in [1.807, 2.05) is 0 Å². The van der Waals surface area contributed by atoms with Crippen LogP contribution in [0.4, 0.5) is 33.7 Å². The minimum atomic E-state index is -4.71. The molecule has 0 aliphatic carbocycles. The molecule has 0 unspecified atom stereocenters. The summed E-state index contributed by atoms with van der Waals surface area (Å²) >= 11 is 0. The lowest BCUT2D eigenvalue weighted by Gasteiger charge is -2.20. The van der Waals surface area contributed by atoms with E-state index >= 15 is 4.39 Å². The van der Waals surface area contributed by atoms with E-state index in [0.717, 1.165) is 23.2 Å². The number of anilines is 2. The molecule has 9 nitrogen and oxygen atoms in total. The number of halogens is 4. The van der Waals surface area contributed by atoms with Crippen LogP contribution in [0.1, 0.15) is 11.1 Å². The van der Waals surface area contributed by atoms with Crippen molar-refractivity contribution in [3.05, 3.63) is 78.5 Å². The smallest absolute Gasteiger partial charge is 0.417 e. The molecule has 3 heterocycles. The highest BCUT2D eigenvalue weighted by Crippen LogP contribution is 2.40. The number of urea groups is 1. The first kappa shape index (κ1) is 27.4. The molecular weight excluding hydrogens is 548 g/mol. The van der Waals surface area contributed by atoms with E-state index in [1.165, 1.54) is 26.5 Å². The van der Waals surface area contributed by atoms with Crippen molar-refractivity contribution in [1.29, 1.82) is 0 Å². The second kappa shape index (κ2) is 10.4. The van der Waals surface area contributed by atoms with Crippen LogP contribution in [0.15, 0.2) is 61.6 Å². The number of amides is 3. The summed E-state index contributed by atoms with van der Waals surface area (Å²) in [5.41, 5.74) is -1.44. The Morgan fingerprint density at radius 1 is 0.976 bits per heavy atom. The van der Waals surface area contributed by atoms with Crippen LogP contribution in [0.25, 0.3) is 17.0 Å². The molecule has 0 N–H and O–H groups in total. The fourth-order valence-electron chi connectivity index (χ4n) is 4.34. The van der Waals surface area contributed by atoms with Crippen molar-refractivity contribution in [1.82, 2.24) is 9.97 Å². The first-order valence-electron chi connectivity index (χ1n) is 11.9. The maximum Gasteiger partial charge on any atom is 0.417 e. The third-order valence-electron chi connectivity index (χ3n) is 6.32. The average molecular weight is 568 g/mol. The van der Waals surface area contributed by atoms with E-state index in [-0.39, 0.29) is 17.0 Å². The molecule has 0 radical (unpaired) electrons. The van der Waals surface area contributed by atoms with E-state index in [2.05, 4.69) is 16.5 Å². The third-order valence-corrected chi connectivity index (χ3v) is 6.32. The van der Waals surface area contributed by atoms with E-state index in [4.69, 9.17) is 14.2 Å². The lowest BCUT2D eigenvalue weighted by Crippen LogP contribution is -2.34. The van der Waals surface area contributed by atoms with E-state index in [0.29, 0.717) is 45.3 Å². The Hall–Kier alpha value is -5.20. The number of carbonyl (C=O) groups excluding carboxylic acids is 2. The zero-order valence-electron chi connectivity index (χ0n) is 21.5. The Morgan fingerprint density at radius 3 is 2.39 bits per heavy atom. The maximum atomic E-state index is 15.8. The molecular formula is C28H20F4N4O5. The number of pyridine rings is 2. The normalized spacial score (nSPS) is 13.6. The Labute approximate surface area is 230 Å². The van der Waals surface area contributed by atoms with Crippen molar-refractivity contribution in [3.63, 3.8) is 0 Å². The number of hydrogen-bond acceptors (Lipinski definition) is 7. The number of rotatable bonds is 7. The molecule has 0 saturated carbocycles. The molecule has 0 spiro atoms. The molecule has 1 saturated heterocycles. The Balaban J connectivity index is 1.50. The summed E-state index contributed by atoms with van der Waals surface area (Å²) in [6, 6.07) is 7.00. The first-order chi connectivity index (χ1) is 19.6. The molecule has 5 rings (SSSR count). The standard InChI is InChI=1S/C28H20F4N4O5/c1-4-17-21(41-22-7-8-34-19-11-24(40-3)23(39-2)10-18(19)22)6-5-20(26(17)29)36-25(37)14-35(27(36)38)16-9-15(12-33-13-16)28(30,31)32/h4-13H,1,14H2,2-3H3. The zero-order valence-corrected chi connectivity index (χ0v) is 21.5. The van der Waals surface area contributed by atoms with Gasteiger partial charge in [-0.1, -0.05) is 12.7 Å². The summed E-state index contributed by atoms with van der Waals surface area (Å²) in [4.78, 5) is 35.1. The van der Waals surface area contributed by atoms with Crippen LogP contribution in [0.3, 0.4) is 0 Å². The van der Waals surface area contributed by atoms with Crippen molar-refractivity contribution < 1.29 is 41.4 Å². The number of nitrogens with zero attached hydrogens (tertiary/aromatic N) is 4. The van der Waals surface area contributed by atoms with Gasteiger partial charge in [-0.05, 0) is 30.3 Å². The molecule has 3 amide bonds. The van der Waals surface area contributed by atoms with Crippen molar-refractivity contribution in [2.24, 2.45) is 0 Å². The number of alkyl halides is 3. The van der Waals surface area contributed by atoms with E-state index < -0.39 is 41.7 Å².